The Balaban J connectivity index is 0.00000242. The van der Waals surface area contributed by atoms with Crippen LogP contribution in [0.15, 0.2) is 24.3 Å². The van der Waals surface area contributed by atoms with Gasteiger partial charge in [0.25, 0.3) is 0 Å². The number of halogens is 2. The largest absolute Gasteiger partial charge is 0.355 e. The molecular weight excluding hydrogens is 305 g/mol. The molecule has 1 aliphatic heterocycles. The predicted molar refractivity (Wildman–Crippen MR) is 89.0 cm³/mol. The number of piperazine rings is 1. The first-order chi connectivity index (χ1) is 10.1. The van der Waals surface area contributed by atoms with Crippen molar-refractivity contribution in [3.05, 3.63) is 35.6 Å². The highest BCUT2D eigenvalue weighted by atomic mass is 35.5. The Hall–Kier alpha value is -1.17. The first kappa shape index (κ1) is 18.9. The van der Waals surface area contributed by atoms with Gasteiger partial charge in [-0.25, -0.2) is 4.39 Å². The Labute approximate surface area is 137 Å². The highest BCUT2D eigenvalue weighted by molar-refractivity contribution is 5.85. The van der Waals surface area contributed by atoms with Gasteiger partial charge in [0.15, 0.2) is 0 Å². The van der Waals surface area contributed by atoms with E-state index in [0.29, 0.717) is 13.0 Å². The number of nitrogens with one attached hydrogen (secondary N) is 2. The van der Waals surface area contributed by atoms with Crippen molar-refractivity contribution in [2.45, 2.75) is 19.3 Å². The Morgan fingerprint density at radius 2 is 2.14 bits per heavy atom. The molecule has 1 aromatic carbocycles. The number of amides is 1. The molecule has 0 radical (unpaired) electrons. The Bertz CT molecular complexity index is 466. The average molecular weight is 330 g/mol. The molecule has 6 heteroatoms. The van der Waals surface area contributed by atoms with Crippen molar-refractivity contribution >= 4 is 18.3 Å². The van der Waals surface area contributed by atoms with Crippen LogP contribution in [0.1, 0.15) is 24.8 Å². The van der Waals surface area contributed by atoms with E-state index in [1.165, 1.54) is 12.1 Å². The quantitative estimate of drug-likeness (QED) is 0.836. The monoisotopic (exact) mass is 329 g/mol. The van der Waals surface area contributed by atoms with E-state index in [9.17, 15) is 9.18 Å². The van der Waals surface area contributed by atoms with Crippen LogP contribution in [0, 0.1) is 5.82 Å². The van der Waals surface area contributed by atoms with Gasteiger partial charge in [-0.15, -0.1) is 12.4 Å². The van der Waals surface area contributed by atoms with E-state index in [4.69, 9.17) is 0 Å². The number of rotatable bonds is 6. The summed E-state index contributed by atoms with van der Waals surface area (Å²) >= 11 is 0. The number of carbonyl (C=O) groups excluding carboxylic acids is 1. The zero-order valence-corrected chi connectivity index (χ0v) is 13.8. The minimum atomic E-state index is -0.251. The first-order valence-electron chi connectivity index (χ1n) is 7.60. The molecule has 124 valence electrons. The van der Waals surface area contributed by atoms with Crippen LogP contribution in [0.2, 0.25) is 0 Å². The summed E-state index contributed by atoms with van der Waals surface area (Å²) < 4.78 is 13.2. The minimum absolute atomic E-state index is 0. The van der Waals surface area contributed by atoms with Gasteiger partial charge in [-0.3, -0.25) is 9.69 Å². The van der Waals surface area contributed by atoms with Crippen molar-refractivity contribution in [3.63, 3.8) is 0 Å². The van der Waals surface area contributed by atoms with Crippen molar-refractivity contribution < 1.29 is 9.18 Å². The third-order valence-electron chi connectivity index (χ3n) is 3.87. The first-order valence-corrected chi connectivity index (χ1v) is 7.60. The SMILES string of the molecule is CC(CC(=O)NCCN1CCNCC1)c1cccc(F)c1.Cl. The Morgan fingerprint density at radius 1 is 1.41 bits per heavy atom. The molecule has 0 bridgehead atoms. The van der Waals surface area contributed by atoms with Gasteiger partial charge < -0.3 is 10.6 Å². The fourth-order valence-corrected chi connectivity index (χ4v) is 2.57. The van der Waals surface area contributed by atoms with Gasteiger partial charge in [-0.1, -0.05) is 19.1 Å². The molecule has 1 unspecified atom stereocenters. The maximum Gasteiger partial charge on any atom is 0.220 e. The van der Waals surface area contributed by atoms with Crippen molar-refractivity contribution in [3.8, 4) is 0 Å². The lowest BCUT2D eigenvalue weighted by atomic mass is 9.97. The highest BCUT2D eigenvalue weighted by Crippen LogP contribution is 2.19. The molecule has 0 spiro atoms. The van der Waals surface area contributed by atoms with E-state index in [1.54, 1.807) is 6.07 Å². The van der Waals surface area contributed by atoms with Crippen LogP contribution in [-0.2, 0) is 4.79 Å². The zero-order valence-electron chi connectivity index (χ0n) is 13.0. The lowest BCUT2D eigenvalue weighted by Gasteiger charge is -2.27. The molecule has 0 saturated carbocycles. The molecular formula is C16H25ClFN3O. The fourth-order valence-electron chi connectivity index (χ4n) is 2.57. The second-order valence-electron chi connectivity index (χ2n) is 5.60. The molecule has 1 amide bonds. The van der Waals surface area contributed by atoms with Crippen LogP contribution in [-0.4, -0.2) is 50.1 Å². The van der Waals surface area contributed by atoms with E-state index < -0.39 is 0 Å². The van der Waals surface area contributed by atoms with E-state index in [2.05, 4.69) is 15.5 Å². The van der Waals surface area contributed by atoms with E-state index in [1.807, 2.05) is 13.0 Å². The van der Waals surface area contributed by atoms with E-state index in [0.717, 1.165) is 38.3 Å². The third kappa shape index (κ3) is 6.30. The predicted octanol–water partition coefficient (Wildman–Crippen LogP) is 1.76. The summed E-state index contributed by atoms with van der Waals surface area (Å²) in [4.78, 5) is 14.3. The van der Waals surface area contributed by atoms with E-state index >= 15 is 0 Å². The third-order valence-corrected chi connectivity index (χ3v) is 3.87. The van der Waals surface area contributed by atoms with Crippen LogP contribution >= 0.6 is 12.4 Å². The molecule has 2 N–H and O–H groups in total. The van der Waals surface area contributed by atoms with Gasteiger partial charge in [0.1, 0.15) is 5.82 Å². The summed E-state index contributed by atoms with van der Waals surface area (Å²) in [6.45, 7) is 7.63. The van der Waals surface area contributed by atoms with Gasteiger partial charge in [0, 0.05) is 45.7 Å². The molecule has 22 heavy (non-hydrogen) atoms. The Kier molecular flexibility index (Phi) is 8.38. The van der Waals surface area contributed by atoms with Crippen molar-refractivity contribution in [2.75, 3.05) is 39.3 Å². The van der Waals surface area contributed by atoms with Gasteiger partial charge in [-0.05, 0) is 23.6 Å². The summed E-state index contributed by atoms with van der Waals surface area (Å²) in [6.07, 6.45) is 0.394. The highest BCUT2D eigenvalue weighted by Gasteiger charge is 2.13. The molecule has 0 aromatic heterocycles. The maximum atomic E-state index is 13.2. The molecule has 1 fully saturated rings. The van der Waals surface area contributed by atoms with Gasteiger partial charge in [0.05, 0.1) is 0 Å². The molecule has 1 aromatic rings. The lowest BCUT2D eigenvalue weighted by molar-refractivity contribution is -0.121. The molecule has 1 heterocycles. The van der Waals surface area contributed by atoms with Crippen LogP contribution in [0.5, 0.6) is 0 Å². The molecule has 1 atom stereocenters. The van der Waals surface area contributed by atoms with Crippen molar-refractivity contribution in [1.29, 1.82) is 0 Å². The van der Waals surface area contributed by atoms with Gasteiger partial charge in [0.2, 0.25) is 5.91 Å². The second kappa shape index (κ2) is 9.77. The van der Waals surface area contributed by atoms with Crippen LogP contribution in [0.3, 0.4) is 0 Å². The second-order valence-corrected chi connectivity index (χ2v) is 5.60. The average Bonchev–Trinajstić information content (AvgIpc) is 2.48. The van der Waals surface area contributed by atoms with Crippen molar-refractivity contribution in [2.24, 2.45) is 0 Å². The number of hydrogen-bond donors (Lipinski definition) is 2. The summed E-state index contributed by atoms with van der Waals surface area (Å²) in [6, 6.07) is 6.47. The van der Waals surface area contributed by atoms with Crippen molar-refractivity contribution in [1.82, 2.24) is 15.5 Å². The summed E-state index contributed by atoms with van der Waals surface area (Å²) in [7, 11) is 0. The lowest BCUT2D eigenvalue weighted by Crippen LogP contribution is -2.46. The normalized spacial score (nSPS) is 16.6. The molecule has 4 nitrogen and oxygen atoms in total. The van der Waals surface area contributed by atoms with Crippen LogP contribution < -0.4 is 10.6 Å². The zero-order chi connectivity index (χ0) is 15.1. The number of nitrogens with zero attached hydrogens (tertiary/aromatic N) is 1. The minimum Gasteiger partial charge on any atom is -0.355 e. The topological polar surface area (TPSA) is 44.4 Å². The van der Waals surface area contributed by atoms with E-state index in [-0.39, 0.29) is 30.0 Å². The molecule has 1 aliphatic rings. The Morgan fingerprint density at radius 3 is 2.82 bits per heavy atom. The van der Waals surface area contributed by atoms with Gasteiger partial charge >= 0.3 is 0 Å². The summed E-state index contributed by atoms with van der Waals surface area (Å²) in [5.41, 5.74) is 0.868. The number of hydrogen-bond acceptors (Lipinski definition) is 3. The van der Waals surface area contributed by atoms with Gasteiger partial charge in [-0.2, -0.15) is 0 Å². The van der Waals surface area contributed by atoms with Crippen LogP contribution in [0.25, 0.3) is 0 Å². The maximum absolute atomic E-state index is 13.2. The molecule has 0 aliphatic carbocycles. The summed E-state index contributed by atoms with van der Waals surface area (Å²) in [5, 5.41) is 6.25. The summed E-state index contributed by atoms with van der Waals surface area (Å²) in [5.74, 6) is -0.194. The molecule has 2 rings (SSSR count). The smallest absolute Gasteiger partial charge is 0.220 e. The van der Waals surface area contributed by atoms with Crippen LogP contribution in [0.4, 0.5) is 4.39 Å². The standard InChI is InChI=1S/C16H24FN3O.ClH/c1-13(14-3-2-4-15(17)12-14)11-16(21)19-7-10-20-8-5-18-6-9-20;/h2-4,12-13,18H,5-11H2,1H3,(H,19,21);1H. The molecule has 1 saturated heterocycles. The fraction of sp³-hybridized carbons (Fsp3) is 0.562. The number of benzene rings is 1. The number of carbonyl (C=O) groups is 1.